The van der Waals surface area contributed by atoms with E-state index in [9.17, 15) is 0 Å². The summed E-state index contributed by atoms with van der Waals surface area (Å²) in [5.41, 5.74) is 0. The molecule has 0 aliphatic rings. The van der Waals surface area contributed by atoms with Crippen LogP contribution in [0.15, 0.2) is 0 Å². The monoisotopic (exact) mass is 186 g/mol. The molecule has 0 aliphatic heterocycles. The first-order valence-corrected chi connectivity index (χ1v) is 5.82. The maximum Gasteiger partial charge on any atom is -1.00 e. The Balaban J connectivity index is -0.000000125. The molecule has 0 N–H and O–H groups in total. The van der Waals surface area contributed by atoms with Gasteiger partial charge in [-0.25, -0.2) is 0 Å². The van der Waals surface area contributed by atoms with Gasteiger partial charge in [0.1, 0.15) is 0 Å². The van der Waals surface area contributed by atoms with E-state index in [1.807, 2.05) is 0 Å². The summed E-state index contributed by atoms with van der Waals surface area (Å²) < 4.78 is 4.99. The van der Waals surface area contributed by atoms with Gasteiger partial charge < -0.3 is 24.8 Å². The second kappa shape index (κ2) is 6.41. The summed E-state index contributed by atoms with van der Waals surface area (Å²) in [6.07, 6.45) is 0. The van der Waals surface area contributed by atoms with Crippen molar-refractivity contribution >= 4 is 24.9 Å². The maximum absolute atomic E-state index is 4.99. The van der Waals surface area contributed by atoms with E-state index in [0.29, 0.717) is 0 Å². The number of rotatable bonds is 1. The van der Waals surface area contributed by atoms with Gasteiger partial charge in [0.25, 0.3) is 0 Å². The fraction of sp³-hybridized carbons (Fsp3) is 1.00. The molecule has 0 atom stereocenters. The Bertz CT molecular complexity index is 47.0. The summed E-state index contributed by atoms with van der Waals surface area (Å²) in [5.74, 6) is 0. The van der Waals surface area contributed by atoms with E-state index in [-0.39, 0.29) is 24.8 Å². The van der Waals surface area contributed by atoms with Crippen LogP contribution in [-0.4, -0.2) is 24.9 Å². The summed E-state index contributed by atoms with van der Waals surface area (Å²) in [6, 6.07) is 0. The average Bonchev–Trinajstić information content (AvgIpc) is 1.35. The summed E-state index contributed by atoms with van der Waals surface area (Å²) in [7, 11) is -1.17. The predicted octanol–water partition coefficient (Wildman–Crippen LogP) is -5.07. The van der Waals surface area contributed by atoms with Crippen molar-refractivity contribution in [3.8, 4) is 0 Å². The SMILES string of the molecule is C[Si](C)(C)[O][Al+2].[Cl-].[Cl-]. The fourth-order valence-electron chi connectivity index (χ4n) is 0. The summed E-state index contributed by atoms with van der Waals surface area (Å²) in [6.45, 7) is 6.42. The fourth-order valence-corrected chi connectivity index (χ4v) is 0. The number of hydrogen-bond acceptors (Lipinski definition) is 1. The molecule has 0 saturated carbocycles. The minimum Gasteiger partial charge on any atom is -1.00 e. The zero-order chi connectivity index (χ0) is 5.21. The Morgan fingerprint density at radius 3 is 1.25 bits per heavy atom. The summed E-state index contributed by atoms with van der Waals surface area (Å²) >= 11 is 2.29. The minimum atomic E-state index is -1.17. The Morgan fingerprint density at radius 1 is 1.12 bits per heavy atom. The molecule has 1 nitrogen and oxygen atoms in total. The minimum absolute atomic E-state index is 0. The van der Waals surface area contributed by atoms with Gasteiger partial charge in [0.2, 0.25) is 0 Å². The molecule has 0 aromatic carbocycles. The van der Waals surface area contributed by atoms with E-state index in [1.165, 1.54) is 0 Å². The second-order valence-electron chi connectivity index (χ2n) is 2.23. The first kappa shape index (κ1) is 16.1. The molecule has 0 heterocycles. The van der Waals surface area contributed by atoms with E-state index in [4.69, 9.17) is 3.48 Å². The van der Waals surface area contributed by atoms with E-state index < -0.39 is 8.32 Å². The third kappa shape index (κ3) is 15.7. The Labute approximate surface area is 72.9 Å². The van der Waals surface area contributed by atoms with Crippen molar-refractivity contribution in [2.24, 2.45) is 0 Å². The molecule has 0 saturated heterocycles. The van der Waals surface area contributed by atoms with Crippen molar-refractivity contribution in [3.05, 3.63) is 0 Å². The summed E-state index contributed by atoms with van der Waals surface area (Å²) in [4.78, 5) is 0. The molecular formula is C3H9AlCl2OSi. The molecule has 0 aromatic rings. The van der Waals surface area contributed by atoms with Crippen molar-refractivity contribution in [3.63, 3.8) is 0 Å². The van der Waals surface area contributed by atoms with Gasteiger partial charge in [-0.3, -0.25) is 0 Å². The van der Waals surface area contributed by atoms with Crippen LogP contribution in [0.1, 0.15) is 0 Å². The van der Waals surface area contributed by atoms with Crippen LogP contribution in [0.4, 0.5) is 0 Å². The first-order valence-electron chi connectivity index (χ1n) is 1.94. The Kier molecular flexibility index (Phi) is 12.9. The van der Waals surface area contributed by atoms with Gasteiger partial charge in [-0.1, -0.05) is 0 Å². The third-order valence-corrected chi connectivity index (χ3v) is 3.18. The molecule has 5 heteroatoms. The van der Waals surface area contributed by atoms with E-state index in [1.54, 1.807) is 0 Å². The largest absolute Gasteiger partial charge is 1.00 e. The van der Waals surface area contributed by atoms with Crippen LogP contribution in [0, 0.1) is 0 Å². The molecular weight excluding hydrogens is 178 g/mol. The summed E-state index contributed by atoms with van der Waals surface area (Å²) in [5, 5.41) is 0. The molecule has 0 rings (SSSR count). The molecule has 0 bridgehead atoms. The molecule has 0 aliphatic carbocycles. The van der Waals surface area contributed by atoms with Gasteiger partial charge in [0.05, 0.1) is 0 Å². The molecule has 0 spiro atoms. The van der Waals surface area contributed by atoms with Crippen LogP contribution < -0.4 is 24.8 Å². The van der Waals surface area contributed by atoms with Crippen molar-refractivity contribution in [1.29, 1.82) is 0 Å². The quantitative estimate of drug-likeness (QED) is 0.373. The van der Waals surface area contributed by atoms with Crippen molar-refractivity contribution in [1.82, 2.24) is 0 Å². The number of halogens is 2. The third-order valence-electron chi connectivity index (χ3n) is 0.354. The smallest absolute Gasteiger partial charge is 1.00 e. The molecule has 8 heavy (non-hydrogen) atoms. The standard InChI is InChI=1S/C3H9OSi.Al.2ClH/c1-5(2,3)4;;;/h1-3H3;;2*1H/q-1;+3;;/p-2. The normalized spacial score (nSPS) is 9.12. The topological polar surface area (TPSA) is 9.23 Å². The van der Waals surface area contributed by atoms with Crippen molar-refractivity contribution in [2.45, 2.75) is 19.6 Å². The van der Waals surface area contributed by atoms with Gasteiger partial charge >= 0.3 is 48.1 Å². The van der Waals surface area contributed by atoms with Crippen molar-refractivity contribution < 1.29 is 28.3 Å². The van der Waals surface area contributed by atoms with Crippen LogP contribution in [0.5, 0.6) is 0 Å². The average molecular weight is 187 g/mol. The second-order valence-corrected chi connectivity index (χ2v) is 7.40. The van der Waals surface area contributed by atoms with Gasteiger partial charge in [0.15, 0.2) is 0 Å². The molecule has 0 unspecified atom stereocenters. The van der Waals surface area contributed by atoms with E-state index in [0.717, 1.165) is 0 Å². The molecule has 0 aromatic heterocycles. The number of hydrogen-bond donors (Lipinski definition) is 0. The van der Waals surface area contributed by atoms with E-state index >= 15 is 0 Å². The molecule has 0 amide bonds. The maximum atomic E-state index is 4.99. The van der Waals surface area contributed by atoms with Crippen LogP contribution in [0.2, 0.25) is 19.6 Å². The molecule has 0 fully saturated rings. The Morgan fingerprint density at radius 2 is 1.25 bits per heavy atom. The van der Waals surface area contributed by atoms with Crippen LogP contribution >= 0.6 is 0 Å². The molecule has 0 radical (unpaired) electrons. The van der Waals surface area contributed by atoms with Gasteiger partial charge in [-0.15, -0.1) is 0 Å². The van der Waals surface area contributed by atoms with Crippen LogP contribution in [-0.2, 0) is 3.48 Å². The zero-order valence-corrected chi connectivity index (χ0v) is 8.91. The molecule has 48 valence electrons. The van der Waals surface area contributed by atoms with Gasteiger partial charge in [-0.05, 0) is 0 Å². The Hall–Kier alpha value is 1.29. The van der Waals surface area contributed by atoms with Crippen molar-refractivity contribution in [2.75, 3.05) is 0 Å². The predicted molar refractivity (Wildman–Crippen MR) is 30.2 cm³/mol. The van der Waals surface area contributed by atoms with Crippen LogP contribution in [0.3, 0.4) is 0 Å². The zero-order valence-electron chi connectivity index (χ0n) is 5.24. The van der Waals surface area contributed by atoms with E-state index in [2.05, 4.69) is 36.3 Å². The van der Waals surface area contributed by atoms with Gasteiger partial charge in [0, 0.05) is 0 Å². The van der Waals surface area contributed by atoms with Crippen LogP contribution in [0.25, 0.3) is 0 Å². The first-order chi connectivity index (χ1) is 2.56. The van der Waals surface area contributed by atoms with Gasteiger partial charge in [-0.2, -0.15) is 0 Å².